The van der Waals surface area contributed by atoms with Gasteiger partial charge in [0.15, 0.2) is 0 Å². The van der Waals surface area contributed by atoms with Crippen LogP contribution in [0.4, 0.5) is 0 Å². The van der Waals surface area contributed by atoms with E-state index >= 15 is 0 Å². The summed E-state index contributed by atoms with van der Waals surface area (Å²) < 4.78 is 6.54. The predicted molar refractivity (Wildman–Crippen MR) is 77.0 cm³/mol. The van der Waals surface area contributed by atoms with Gasteiger partial charge in [-0.05, 0) is 47.1 Å². The highest BCUT2D eigenvalue weighted by Gasteiger charge is 2.20. The fraction of sp³-hybridized carbons (Fsp3) is 0.538. The first-order valence-corrected chi connectivity index (χ1v) is 7.20. The first kappa shape index (κ1) is 13.7. The van der Waals surface area contributed by atoms with E-state index in [1.54, 1.807) is 6.92 Å². The van der Waals surface area contributed by atoms with Gasteiger partial charge in [0.1, 0.15) is 3.70 Å². The summed E-state index contributed by atoms with van der Waals surface area (Å²) in [5.41, 5.74) is 1.06. The van der Waals surface area contributed by atoms with Crippen LogP contribution in [0.1, 0.15) is 25.3 Å². The Kier molecular flexibility index (Phi) is 4.94. The summed E-state index contributed by atoms with van der Waals surface area (Å²) in [7, 11) is 0. The van der Waals surface area contributed by atoms with Gasteiger partial charge in [0.05, 0.1) is 6.10 Å². The van der Waals surface area contributed by atoms with Crippen LogP contribution in [0, 0.1) is 3.70 Å². The Balaban J connectivity index is 1.97. The van der Waals surface area contributed by atoms with Gasteiger partial charge in [0.25, 0.3) is 0 Å². The molecule has 5 heteroatoms. The van der Waals surface area contributed by atoms with Crippen molar-refractivity contribution in [3.05, 3.63) is 27.6 Å². The average Bonchev–Trinajstić information content (AvgIpc) is 2.84. The summed E-state index contributed by atoms with van der Waals surface area (Å²) in [6.45, 7) is 3.72. The van der Waals surface area contributed by atoms with E-state index in [0.717, 1.165) is 28.7 Å². The minimum atomic E-state index is 0.0871. The van der Waals surface area contributed by atoms with Crippen LogP contribution in [-0.2, 0) is 16.1 Å². The lowest BCUT2D eigenvalue weighted by atomic mass is 10.2. The van der Waals surface area contributed by atoms with Gasteiger partial charge < -0.3 is 9.64 Å². The zero-order valence-corrected chi connectivity index (χ0v) is 12.6. The van der Waals surface area contributed by atoms with Crippen molar-refractivity contribution in [1.82, 2.24) is 9.88 Å². The highest BCUT2D eigenvalue weighted by atomic mass is 127. The first-order chi connectivity index (χ1) is 8.65. The molecule has 4 nitrogen and oxygen atoms in total. The van der Waals surface area contributed by atoms with Crippen molar-refractivity contribution in [3.8, 4) is 0 Å². The number of pyridine rings is 1. The molecule has 0 saturated carbocycles. The number of carbonyl (C=O) groups is 1. The van der Waals surface area contributed by atoms with Gasteiger partial charge in [-0.25, -0.2) is 4.98 Å². The molecule has 0 bridgehead atoms. The number of ether oxygens (including phenoxy) is 1. The van der Waals surface area contributed by atoms with Crippen LogP contribution in [0.25, 0.3) is 0 Å². The third kappa shape index (κ3) is 3.91. The van der Waals surface area contributed by atoms with E-state index in [-0.39, 0.29) is 12.0 Å². The Morgan fingerprint density at radius 1 is 1.61 bits per heavy atom. The first-order valence-electron chi connectivity index (χ1n) is 6.12. The van der Waals surface area contributed by atoms with E-state index in [0.29, 0.717) is 13.1 Å². The summed E-state index contributed by atoms with van der Waals surface area (Å²) in [5, 5.41) is 0. The maximum atomic E-state index is 11.7. The van der Waals surface area contributed by atoms with Crippen molar-refractivity contribution in [2.45, 2.75) is 32.4 Å². The molecule has 0 aromatic carbocycles. The van der Waals surface area contributed by atoms with Gasteiger partial charge in [-0.1, -0.05) is 6.07 Å². The summed E-state index contributed by atoms with van der Waals surface area (Å²) in [6.07, 6.45) is 4.18. The SMILES string of the molecule is CC(=O)N(Cc1ccc(I)nc1)C[C@H]1CCCO1. The molecule has 1 fully saturated rings. The Morgan fingerprint density at radius 3 is 3.00 bits per heavy atom. The maximum absolute atomic E-state index is 11.7. The Morgan fingerprint density at radius 2 is 2.44 bits per heavy atom. The number of amides is 1. The number of hydrogen-bond donors (Lipinski definition) is 0. The Bertz CT molecular complexity index is 402. The molecule has 1 aliphatic heterocycles. The monoisotopic (exact) mass is 360 g/mol. The van der Waals surface area contributed by atoms with Crippen LogP contribution >= 0.6 is 22.6 Å². The molecule has 2 rings (SSSR count). The van der Waals surface area contributed by atoms with Crippen molar-refractivity contribution in [2.75, 3.05) is 13.2 Å². The third-order valence-electron chi connectivity index (χ3n) is 3.06. The van der Waals surface area contributed by atoms with Crippen LogP contribution in [0.15, 0.2) is 18.3 Å². The van der Waals surface area contributed by atoms with Crippen molar-refractivity contribution in [3.63, 3.8) is 0 Å². The summed E-state index contributed by atoms with van der Waals surface area (Å²) in [4.78, 5) is 17.7. The quantitative estimate of drug-likeness (QED) is 0.611. The van der Waals surface area contributed by atoms with Crippen LogP contribution < -0.4 is 0 Å². The second-order valence-corrected chi connectivity index (χ2v) is 5.63. The lowest BCUT2D eigenvalue weighted by Gasteiger charge is -2.24. The standard InChI is InChI=1S/C13H17IN2O2/c1-10(17)16(9-12-3-2-6-18-12)8-11-4-5-13(14)15-7-11/h4-5,7,12H,2-3,6,8-9H2,1H3/t12-/m1/s1. The van der Waals surface area contributed by atoms with E-state index in [1.807, 2.05) is 23.2 Å². The molecule has 1 aromatic heterocycles. The molecule has 0 aliphatic carbocycles. The number of halogens is 1. The lowest BCUT2D eigenvalue weighted by Crippen LogP contribution is -2.35. The zero-order chi connectivity index (χ0) is 13.0. The molecule has 1 atom stereocenters. The number of nitrogens with zero attached hydrogens (tertiary/aromatic N) is 2. The molecule has 0 radical (unpaired) electrons. The molecular weight excluding hydrogens is 343 g/mol. The highest BCUT2D eigenvalue weighted by Crippen LogP contribution is 2.15. The molecule has 1 aromatic rings. The lowest BCUT2D eigenvalue weighted by molar-refractivity contribution is -0.131. The summed E-state index contributed by atoms with van der Waals surface area (Å²) >= 11 is 2.17. The van der Waals surface area contributed by atoms with E-state index in [1.165, 1.54) is 0 Å². The van der Waals surface area contributed by atoms with E-state index in [4.69, 9.17) is 4.74 Å². The van der Waals surface area contributed by atoms with Crippen molar-refractivity contribution in [1.29, 1.82) is 0 Å². The largest absolute Gasteiger partial charge is 0.376 e. The van der Waals surface area contributed by atoms with Gasteiger partial charge in [0, 0.05) is 32.8 Å². The van der Waals surface area contributed by atoms with Gasteiger partial charge in [-0.2, -0.15) is 0 Å². The molecule has 0 spiro atoms. The summed E-state index contributed by atoms with van der Waals surface area (Å²) in [6, 6.07) is 3.97. The van der Waals surface area contributed by atoms with Crippen molar-refractivity contribution >= 4 is 28.5 Å². The molecule has 1 amide bonds. The van der Waals surface area contributed by atoms with Crippen LogP contribution in [0.5, 0.6) is 0 Å². The van der Waals surface area contributed by atoms with Crippen molar-refractivity contribution < 1.29 is 9.53 Å². The summed E-state index contributed by atoms with van der Waals surface area (Å²) in [5.74, 6) is 0.0871. The number of carbonyl (C=O) groups excluding carboxylic acids is 1. The predicted octanol–water partition coefficient (Wildman–Crippen LogP) is 2.21. The molecule has 1 aliphatic rings. The number of aromatic nitrogens is 1. The number of hydrogen-bond acceptors (Lipinski definition) is 3. The topological polar surface area (TPSA) is 42.4 Å². The van der Waals surface area contributed by atoms with Crippen LogP contribution in [0.3, 0.4) is 0 Å². The van der Waals surface area contributed by atoms with Crippen LogP contribution in [-0.4, -0.2) is 35.0 Å². The van der Waals surface area contributed by atoms with Crippen molar-refractivity contribution in [2.24, 2.45) is 0 Å². The fourth-order valence-electron chi connectivity index (χ4n) is 2.06. The second kappa shape index (κ2) is 6.47. The molecule has 2 heterocycles. The van der Waals surface area contributed by atoms with Gasteiger partial charge in [-0.3, -0.25) is 4.79 Å². The van der Waals surface area contributed by atoms with E-state index < -0.39 is 0 Å². The molecule has 18 heavy (non-hydrogen) atoms. The highest BCUT2D eigenvalue weighted by molar-refractivity contribution is 14.1. The normalized spacial score (nSPS) is 18.9. The second-order valence-electron chi connectivity index (χ2n) is 4.52. The minimum Gasteiger partial charge on any atom is -0.376 e. The molecule has 1 saturated heterocycles. The Labute approximate surface area is 121 Å². The minimum absolute atomic E-state index is 0.0871. The van der Waals surface area contributed by atoms with Gasteiger partial charge in [0.2, 0.25) is 5.91 Å². The molecule has 98 valence electrons. The van der Waals surface area contributed by atoms with E-state index in [2.05, 4.69) is 27.6 Å². The van der Waals surface area contributed by atoms with Gasteiger partial charge >= 0.3 is 0 Å². The average molecular weight is 360 g/mol. The third-order valence-corrected chi connectivity index (χ3v) is 3.69. The molecule has 0 unspecified atom stereocenters. The van der Waals surface area contributed by atoms with Gasteiger partial charge in [-0.15, -0.1) is 0 Å². The molecular formula is C13H17IN2O2. The Hall–Kier alpha value is -0.690. The maximum Gasteiger partial charge on any atom is 0.219 e. The van der Waals surface area contributed by atoms with Crippen LogP contribution in [0.2, 0.25) is 0 Å². The smallest absolute Gasteiger partial charge is 0.219 e. The van der Waals surface area contributed by atoms with E-state index in [9.17, 15) is 4.79 Å². The number of rotatable bonds is 4. The molecule has 0 N–H and O–H groups in total. The fourth-order valence-corrected chi connectivity index (χ4v) is 2.38. The zero-order valence-electron chi connectivity index (χ0n) is 10.4.